The Morgan fingerprint density at radius 1 is 1.29 bits per heavy atom. The Hall–Kier alpha value is -1.63. The fourth-order valence-corrected chi connectivity index (χ4v) is 0.963. The van der Waals surface area contributed by atoms with E-state index in [1.165, 1.54) is 6.07 Å². The molecule has 1 rings (SSSR count). The van der Waals surface area contributed by atoms with Crippen molar-refractivity contribution in [1.29, 1.82) is 5.26 Å². The Bertz CT molecular complexity index is 380. The molecule has 0 unspecified atom stereocenters. The molecule has 0 spiro atoms. The molecule has 0 radical (unpaired) electrons. The van der Waals surface area contributed by atoms with Crippen molar-refractivity contribution in [2.75, 3.05) is 5.32 Å². The van der Waals surface area contributed by atoms with Crippen molar-refractivity contribution in [3.63, 3.8) is 0 Å². The molecule has 0 fully saturated rings. The summed E-state index contributed by atoms with van der Waals surface area (Å²) in [6, 6.07) is 5.42. The van der Waals surface area contributed by atoms with Crippen LogP contribution >= 0.6 is 0 Å². The Morgan fingerprint density at radius 2 is 1.93 bits per heavy atom. The van der Waals surface area contributed by atoms with Gasteiger partial charge >= 0.3 is 0 Å². The first-order valence-electron chi connectivity index (χ1n) is 4.09. The first-order valence-corrected chi connectivity index (χ1v) is 4.09. The van der Waals surface area contributed by atoms with Crippen LogP contribution in [0.1, 0.15) is 13.8 Å². The Balaban J connectivity index is 2.90. The minimum Gasteiger partial charge on any atom is -0.368 e. The van der Waals surface area contributed by atoms with E-state index < -0.39 is 17.2 Å². The Labute approximate surface area is 81.2 Å². The van der Waals surface area contributed by atoms with Crippen LogP contribution < -0.4 is 5.32 Å². The SMILES string of the molecule is CC(C)(C#N)Nc1ccc(F)c(F)c1. The topological polar surface area (TPSA) is 35.8 Å². The lowest BCUT2D eigenvalue weighted by molar-refractivity contribution is 0.508. The number of halogens is 2. The first kappa shape index (κ1) is 10.5. The van der Waals surface area contributed by atoms with Crippen LogP contribution in [0.15, 0.2) is 18.2 Å². The molecular weight excluding hydrogens is 186 g/mol. The van der Waals surface area contributed by atoms with Crippen molar-refractivity contribution in [2.45, 2.75) is 19.4 Å². The van der Waals surface area contributed by atoms with Gasteiger partial charge in [-0.25, -0.2) is 8.78 Å². The zero-order valence-corrected chi connectivity index (χ0v) is 7.94. The van der Waals surface area contributed by atoms with E-state index in [1.807, 2.05) is 6.07 Å². The highest BCUT2D eigenvalue weighted by molar-refractivity contribution is 5.47. The molecule has 0 aliphatic carbocycles. The summed E-state index contributed by atoms with van der Waals surface area (Å²) in [7, 11) is 0. The number of benzene rings is 1. The van der Waals surface area contributed by atoms with Crippen LogP contribution in [0.5, 0.6) is 0 Å². The van der Waals surface area contributed by atoms with Crippen molar-refractivity contribution in [2.24, 2.45) is 0 Å². The van der Waals surface area contributed by atoms with Crippen LogP contribution in [-0.2, 0) is 0 Å². The van der Waals surface area contributed by atoms with Gasteiger partial charge < -0.3 is 5.32 Å². The summed E-state index contributed by atoms with van der Waals surface area (Å²) >= 11 is 0. The summed E-state index contributed by atoms with van der Waals surface area (Å²) in [5.74, 6) is -1.82. The zero-order chi connectivity index (χ0) is 10.8. The van der Waals surface area contributed by atoms with Gasteiger partial charge in [-0.3, -0.25) is 0 Å². The van der Waals surface area contributed by atoms with Crippen molar-refractivity contribution < 1.29 is 8.78 Å². The highest BCUT2D eigenvalue weighted by atomic mass is 19.2. The average Bonchev–Trinajstić information content (AvgIpc) is 2.11. The van der Waals surface area contributed by atoms with E-state index in [-0.39, 0.29) is 0 Å². The maximum absolute atomic E-state index is 12.8. The second kappa shape index (κ2) is 3.62. The summed E-state index contributed by atoms with van der Waals surface area (Å²) in [5.41, 5.74) is -0.417. The highest BCUT2D eigenvalue weighted by Gasteiger charge is 2.16. The number of nitriles is 1. The van der Waals surface area contributed by atoms with Crippen molar-refractivity contribution in [3.05, 3.63) is 29.8 Å². The normalized spacial score (nSPS) is 10.8. The van der Waals surface area contributed by atoms with E-state index in [4.69, 9.17) is 5.26 Å². The lowest BCUT2D eigenvalue weighted by Crippen LogP contribution is -2.28. The average molecular weight is 196 g/mol. The number of hydrogen-bond donors (Lipinski definition) is 1. The quantitative estimate of drug-likeness (QED) is 0.789. The smallest absolute Gasteiger partial charge is 0.160 e. The van der Waals surface area contributed by atoms with Crippen LogP contribution in [0.25, 0.3) is 0 Å². The second-order valence-electron chi connectivity index (χ2n) is 3.49. The van der Waals surface area contributed by atoms with Crippen molar-refractivity contribution >= 4 is 5.69 Å². The van der Waals surface area contributed by atoms with Gasteiger partial charge in [0.15, 0.2) is 11.6 Å². The van der Waals surface area contributed by atoms with Gasteiger partial charge in [0.1, 0.15) is 5.54 Å². The molecule has 1 aromatic rings. The number of nitrogens with one attached hydrogen (secondary N) is 1. The van der Waals surface area contributed by atoms with Crippen molar-refractivity contribution in [3.8, 4) is 6.07 Å². The van der Waals surface area contributed by atoms with E-state index in [0.29, 0.717) is 5.69 Å². The molecular formula is C10H10F2N2. The maximum atomic E-state index is 12.8. The summed E-state index contributed by atoms with van der Waals surface area (Å²) < 4.78 is 25.3. The van der Waals surface area contributed by atoms with Gasteiger partial charge in [0, 0.05) is 11.8 Å². The van der Waals surface area contributed by atoms with E-state index >= 15 is 0 Å². The van der Waals surface area contributed by atoms with Gasteiger partial charge in [-0.2, -0.15) is 5.26 Å². The molecule has 74 valence electrons. The molecule has 1 aromatic carbocycles. The molecule has 0 heterocycles. The summed E-state index contributed by atoms with van der Waals surface area (Å²) in [4.78, 5) is 0. The van der Waals surface area contributed by atoms with Crippen LogP contribution in [0.4, 0.5) is 14.5 Å². The molecule has 1 N–H and O–H groups in total. The molecule has 0 bridgehead atoms. The minimum atomic E-state index is -0.927. The molecule has 2 nitrogen and oxygen atoms in total. The number of nitrogens with zero attached hydrogens (tertiary/aromatic N) is 1. The molecule has 14 heavy (non-hydrogen) atoms. The fraction of sp³-hybridized carbons (Fsp3) is 0.300. The molecule has 0 atom stereocenters. The predicted molar refractivity (Wildman–Crippen MR) is 49.7 cm³/mol. The fourth-order valence-electron chi connectivity index (χ4n) is 0.963. The van der Waals surface area contributed by atoms with Gasteiger partial charge in [-0.15, -0.1) is 0 Å². The monoisotopic (exact) mass is 196 g/mol. The predicted octanol–water partition coefficient (Wildman–Crippen LogP) is 2.68. The molecule has 0 aliphatic heterocycles. The molecule has 0 amide bonds. The third-order valence-corrected chi connectivity index (χ3v) is 1.66. The Kier molecular flexibility index (Phi) is 2.70. The van der Waals surface area contributed by atoms with Crippen LogP contribution in [0.2, 0.25) is 0 Å². The summed E-state index contributed by atoms with van der Waals surface area (Å²) in [6.07, 6.45) is 0. The minimum absolute atomic E-state index is 0.385. The highest BCUT2D eigenvalue weighted by Crippen LogP contribution is 2.17. The lowest BCUT2D eigenvalue weighted by Gasteiger charge is -2.18. The van der Waals surface area contributed by atoms with Crippen LogP contribution in [0.3, 0.4) is 0 Å². The molecule has 0 aliphatic rings. The maximum Gasteiger partial charge on any atom is 0.160 e. The number of anilines is 1. The first-order chi connectivity index (χ1) is 6.44. The second-order valence-corrected chi connectivity index (χ2v) is 3.49. The van der Waals surface area contributed by atoms with E-state index in [1.54, 1.807) is 13.8 Å². The third-order valence-electron chi connectivity index (χ3n) is 1.66. The number of hydrogen-bond acceptors (Lipinski definition) is 2. The lowest BCUT2D eigenvalue weighted by atomic mass is 10.1. The van der Waals surface area contributed by atoms with Crippen molar-refractivity contribution in [1.82, 2.24) is 0 Å². The van der Waals surface area contributed by atoms with Crippen LogP contribution in [0, 0.1) is 23.0 Å². The van der Waals surface area contributed by atoms with Gasteiger partial charge in [0.25, 0.3) is 0 Å². The van der Waals surface area contributed by atoms with Gasteiger partial charge in [0.05, 0.1) is 6.07 Å². The van der Waals surface area contributed by atoms with E-state index in [9.17, 15) is 8.78 Å². The van der Waals surface area contributed by atoms with E-state index in [2.05, 4.69) is 5.32 Å². The summed E-state index contributed by atoms with van der Waals surface area (Å²) in [5, 5.41) is 11.5. The number of rotatable bonds is 2. The van der Waals surface area contributed by atoms with Gasteiger partial charge in [-0.05, 0) is 26.0 Å². The van der Waals surface area contributed by atoms with E-state index in [0.717, 1.165) is 12.1 Å². The zero-order valence-electron chi connectivity index (χ0n) is 7.94. The van der Waals surface area contributed by atoms with Crippen LogP contribution in [-0.4, -0.2) is 5.54 Å². The molecule has 4 heteroatoms. The molecule has 0 saturated carbocycles. The molecule has 0 aromatic heterocycles. The summed E-state index contributed by atoms with van der Waals surface area (Å²) in [6.45, 7) is 3.29. The third kappa shape index (κ3) is 2.43. The Morgan fingerprint density at radius 3 is 2.43 bits per heavy atom. The standard InChI is InChI=1S/C10H10F2N2/c1-10(2,6-13)14-7-3-4-8(11)9(12)5-7/h3-5,14H,1-2H3. The molecule has 0 saturated heterocycles. The van der Waals surface area contributed by atoms with Gasteiger partial charge in [0.2, 0.25) is 0 Å². The largest absolute Gasteiger partial charge is 0.368 e. The van der Waals surface area contributed by atoms with Gasteiger partial charge in [-0.1, -0.05) is 0 Å².